The zero-order valence-corrected chi connectivity index (χ0v) is 16.5. The van der Waals surface area contributed by atoms with Crippen LogP contribution in [-0.4, -0.2) is 48.1 Å². The monoisotopic (exact) mass is 417 g/mol. The molecule has 1 fully saturated rings. The second kappa shape index (κ2) is 8.78. The molecule has 1 aliphatic rings. The molecule has 1 aliphatic heterocycles. The molecule has 154 valence electrons. The number of methoxy groups -OCH3 is 1. The van der Waals surface area contributed by atoms with Gasteiger partial charge in [-0.1, -0.05) is 13.8 Å². The maximum Gasteiger partial charge on any atom is 0.619 e. The number of nitrogens with zero attached hydrogens (tertiary/aromatic N) is 1. The van der Waals surface area contributed by atoms with Crippen molar-refractivity contribution in [3.63, 3.8) is 0 Å². The van der Waals surface area contributed by atoms with Crippen LogP contribution in [0.25, 0.3) is 0 Å². The summed E-state index contributed by atoms with van der Waals surface area (Å²) < 4.78 is 20.7. The van der Waals surface area contributed by atoms with Crippen LogP contribution in [0.15, 0.2) is 24.3 Å². The van der Waals surface area contributed by atoms with E-state index in [-0.39, 0.29) is 31.0 Å². The molecule has 0 bridgehead atoms. The highest BCUT2D eigenvalue weighted by Gasteiger charge is 2.60. The first-order valence-electron chi connectivity index (χ1n) is 8.29. The number of amides is 1. The smallest absolute Gasteiger partial charge is 0.469 e. The zero-order valence-electron chi connectivity index (χ0n) is 15.6. The van der Waals surface area contributed by atoms with Gasteiger partial charge >= 0.3 is 14.1 Å². The largest absolute Gasteiger partial charge is 0.619 e. The lowest BCUT2D eigenvalue weighted by Gasteiger charge is -2.36. The molecule has 11 nitrogen and oxygen atoms in total. The van der Waals surface area contributed by atoms with Crippen molar-refractivity contribution in [2.24, 2.45) is 5.41 Å². The van der Waals surface area contributed by atoms with Gasteiger partial charge in [-0.25, -0.2) is 0 Å². The topological polar surface area (TPSA) is 146 Å². The minimum Gasteiger partial charge on any atom is -0.469 e. The number of non-ortho nitro benzene ring substituents is 1. The van der Waals surface area contributed by atoms with Crippen LogP contribution in [0.4, 0.5) is 5.69 Å². The summed E-state index contributed by atoms with van der Waals surface area (Å²) in [5.41, 5.74) is -0.924. The Morgan fingerprint density at radius 1 is 1.39 bits per heavy atom. The van der Waals surface area contributed by atoms with Gasteiger partial charge in [-0.3, -0.25) is 24.2 Å². The second-order valence-corrected chi connectivity index (χ2v) is 8.26. The van der Waals surface area contributed by atoms with E-state index >= 15 is 0 Å². The summed E-state index contributed by atoms with van der Waals surface area (Å²) in [6, 6.07) is 4.97. The van der Waals surface area contributed by atoms with E-state index in [1.54, 1.807) is 13.8 Å². The van der Waals surface area contributed by atoms with Gasteiger partial charge in [0.25, 0.3) is 11.6 Å². The zero-order chi connectivity index (χ0) is 20.9. The Morgan fingerprint density at radius 2 is 2.04 bits per heavy atom. The van der Waals surface area contributed by atoms with Crippen LogP contribution in [0.5, 0.6) is 5.75 Å². The van der Waals surface area contributed by atoms with E-state index in [0.29, 0.717) is 0 Å². The Labute approximate surface area is 161 Å². The van der Waals surface area contributed by atoms with Crippen molar-refractivity contribution in [3.8, 4) is 5.75 Å². The maximum atomic E-state index is 12.5. The number of hydrogen-bond donors (Lipinski definition) is 2. The molecule has 0 aromatic heterocycles. The predicted molar refractivity (Wildman–Crippen MR) is 97.1 cm³/mol. The first-order chi connectivity index (χ1) is 13.1. The molecule has 2 N–H and O–H groups in total. The lowest BCUT2D eigenvalue weighted by Crippen LogP contribution is -2.51. The van der Waals surface area contributed by atoms with E-state index in [4.69, 9.17) is 13.6 Å². The number of hydrogen-bond acceptors (Lipinski definition) is 9. The van der Waals surface area contributed by atoms with Crippen molar-refractivity contribution in [2.45, 2.75) is 26.4 Å². The van der Waals surface area contributed by atoms with Gasteiger partial charge in [0.2, 0.25) is 0 Å². The number of ether oxygens (including phenoxy) is 1. The second-order valence-electron chi connectivity index (χ2n) is 6.68. The molecular formula is C16H22N2O9P+. The Bertz CT molecular complexity index is 740. The van der Waals surface area contributed by atoms with E-state index < -0.39 is 36.5 Å². The molecular weight excluding hydrogens is 395 g/mol. The molecule has 1 aromatic carbocycles. The van der Waals surface area contributed by atoms with Gasteiger partial charge < -0.3 is 10.1 Å². The van der Waals surface area contributed by atoms with Crippen LogP contribution in [0.1, 0.15) is 20.3 Å². The highest BCUT2D eigenvalue weighted by Crippen LogP contribution is 2.63. The lowest BCUT2D eigenvalue weighted by molar-refractivity contribution is -0.384. The maximum absolute atomic E-state index is 12.5. The van der Waals surface area contributed by atoms with Crippen LogP contribution in [0.2, 0.25) is 0 Å². The van der Waals surface area contributed by atoms with Crippen LogP contribution in [0, 0.1) is 15.5 Å². The van der Waals surface area contributed by atoms with Crippen molar-refractivity contribution in [2.75, 3.05) is 20.3 Å². The SMILES string of the molecule is COC(=O)CCNC(=O)C1O[P+](O)(Oc2ccc([N+](=O)[O-])cc2)OCC1(C)C. The number of nitro groups is 1. The van der Waals surface area contributed by atoms with Crippen LogP contribution >= 0.6 is 8.17 Å². The number of carbonyl (C=O) groups excluding carboxylic acids is 2. The van der Waals surface area contributed by atoms with Crippen molar-refractivity contribution >= 4 is 25.7 Å². The minimum atomic E-state index is -3.89. The molecule has 2 rings (SSSR count). The molecule has 2 unspecified atom stereocenters. The van der Waals surface area contributed by atoms with Gasteiger partial charge in [-0.15, -0.1) is 9.05 Å². The molecule has 2 atom stereocenters. The Kier molecular flexibility index (Phi) is 6.89. The highest BCUT2D eigenvalue weighted by molar-refractivity contribution is 7.56. The number of carbonyl (C=O) groups is 2. The first-order valence-corrected chi connectivity index (χ1v) is 9.79. The Morgan fingerprint density at radius 3 is 2.61 bits per heavy atom. The van der Waals surface area contributed by atoms with Crippen LogP contribution in [-0.2, 0) is 23.4 Å². The van der Waals surface area contributed by atoms with E-state index in [9.17, 15) is 24.6 Å². The number of rotatable bonds is 7. The molecule has 0 radical (unpaired) electrons. The Balaban J connectivity index is 2.05. The molecule has 1 amide bonds. The summed E-state index contributed by atoms with van der Waals surface area (Å²) in [5, 5.41) is 13.3. The molecule has 1 heterocycles. The van der Waals surface area contributed by atoms with Crippen LogP contribution in [0.3, 0.4) is 0 Å². The fourth-order valence-electron chi connectivity index (χ4n) is 2.33. The van der Waals surface area contributed by atoms with Gasteiger partial charge in [0.05, 0.1) is 18.5 Å². The van der Waals surface area contributed by atoms with E-state index in [2.05, 4.69) is 10.1 Å². The van der Waals surface area contributed by atoms with Gasteiger partial charge in [0, 0.05) is 24.1 Å². The summed E-state index contributed by atoms with van der Waals surface area (Å²) in [6.07, 6.45) is -1.11. The number of benzene rings is 1. The van der Waals surface area contributed by atoms with Crippen molar-refractivity contribution in [1.82, 2.24) is 5.32 Å². The molecule has 0 saturated carbocycles. The van der Waals surface area contributed by atoms with Crippen LogP contribution < -0.4 is 9.84 Å². The van der Waals surface area contributed by atoms with E-state index in [1.807, 2.05) is 0 Å². The molecule has 1 aromatic rings. The molecule has 0 aliphatic carbocycles. The van der Waals surface area contributed by atoms with Crippen molar-refractivity contribution in [1.29, 1.82) is 0 Å². The average Bonchev–Trinajstić information content (AvgIpc) is 2.64. The van der Waals surface area contributed by atoms with Crippen molar-refractivity contribution < 1.29 is 37.7 Å². The fraction of sp³-hybridized carbons (Fsp3) is 0.500. The normalized spacial score (nSPS) is 23.5. The fourth-order valence-corrected chi connectivity index (χ4v) is 4.01. The van der Waals surface area contributed by atoms with Gasteiger partial charge in [0.15, 0.2) is 11.9 Å². The van der Waals surface area contributed by atoms with Crippen molar-refractivity contribution in [3.05, 3.63) is 34.4 Å². The third-order valence-electron chi connectivity index (χ3n) is 3.91. The molecule has 0 spiro atoms. The summed E-state index contributed by atoms with van der Waals surface area (Å²) in [6.45, 7) is 3.45. The third-order valence-corrected chi connectivity index (χ3v) is 5.28. The molecule has 28 heavy (non-hydrogen) atoms. The summed E-state index contributed by atoms with van der Waals surface area (Å²) in [4.78, 5) is 44.3. The Hall–Kier alpha value is -2.33. The van der Waals surface area contributed by atoms with E-state index in [0.717, 1.165) is 0 Å². The number of esters is 1. The molecule has 12 heteroatoms. The van der Waals surface area contributed by atoms with Gasteiger partial charge in [0.1, 0.15) is 6.61 Å². The van der Waals surface area contributed by atoms with Gasteiger partial charge in [-0.2, -0.15) is 4.89 Å². The highest BCUT2D eigenvalue weighted by atomic mass is 31.2. The number of nitrogens with one attached hydrogen (secondary N) is 1. The standard InChI is InChI=1S/C16H21N2O9P/c1-16(2)10-25-28(23,26-12-6-4-11(5-7-12)18(21)22)27-14(16)15(20)17-9-8-13(19)24-3/h4-7,14,23H,8-10H2,1-3H3/p+1. The average molecular weight is 417 g/mol. The van der Waals surface area contributed by atoms with E-state index in [1.165, 1.54) is 31.4 Å². The lowest BCUT2D eigenvalue weighted by atomic mass is 9.87. The quantitative estimate of drug-likeness (QED) is 0.293. The first kappa shape index (κ1) is 22.0. The summed E-state index contributed by atoms with van der Waals surface area (Å²) in [7, 11) is -2.65. The third kappa shape index (κ3) is 5.59. The summed E-state index contributed by atoms with van der Waals surface area (Å²) in [5.74, 6) is -0.924. The van der Waals surface area contributed by atoms with Gasteiger partial charge in [-0.05, 0) is 12.1 Å². The molecule has 1 saturated heterocycles. The minimum absolute atomic E-state index is 0.00933. The number of nitro benzene ring substituents is 1. The predicted octanol–water partition coefficient (Wildman–Crippen LogP) is 1.76. The summed E-state index contributed by atoms with van der Waals surface area (Å²) >= 11 is 0.